The molecular weight excluding hydrogens is 639 g/mol. The van der Waals surface area contributed by atoms with E-state index in [0.29, 0.717) is 0 Å². The summed E-state index contributed by atoms with van der Waals surface area (Å²) in [6.07, 6.45) is 29.7. The molecule has 0 amide bonds. The fraction of sp³-hybridized carbons (Fsp3) is 0.737. The van der Waals surface area contributed by atoms with Crippen LogP contribution >= 0.6 is 0 Å². The molecule has 0 aromatic heterocycles. The van der Waals surface area contributed by atoms with Crippen LogP contribution in [0.3, 0.4) is 0 Å². The Bertz CT molecular complexity index is 652. The first kappa shape index (κ1) is 48.9. The van der Waals surface area contributed by atoms with Crippen LogP contribution in [0.15, 0.2) is 24.3 Å². The van der Waals surface area contributed by atoms with E-state index in [9.17, 15) is 19.8 Å². The number of aryl methyl sites for hydroxylation is 1. The molecule has 0 fully saturated rings. The molecule has 43 heavy (non-hydrogen) atoms. The van der Waals surface area contributed by atoms with E-state index in [4.69, 9.17) is 0 Å². The Hall–Kier alpha value is -1.04. The van der Waals surface area contributed by atoms with E-state index >= 15 is 0 Å². The van der Waals surface area contributed by atoms with Crippen molar-refractivity contribution in [2.75, 3.05) is 0 Å². The predicted octanol–water partition coefficient (Wildman–Crippen LogP) is 9.64. The van der Waals surface area contributed by atoms with Gasteiger partial charge in [-0.25, -0.2) is 0 Å². The van der Waals surface area contributed by atoms with Gasteiger partial charge in [0, 0.05) is 5.97 Å². The molecule has 0 spiro atoms. The molecule has 0 atom stereocenters. The summed E-state index contributed by atoms with van der Waals surface area (Å²) in [5, 5.41) is 20.5. The van der Waals surface area contributed by atoms with Crippen molar-refractivity contribution < 1.29 is 19.8 Å². The van der Waals surface area contributed by atoms with Gasteiger partial charge in [0.05, 0.1) is 5.97 Å². The normalized spacial score (nSPS) is 9.72. The molecular formula is C38H68O4Sn. The van der Waals surface area contributed by atoms with E-state index < -0.39 is 11.9 Å². The maximum absolute atomic E-state index is 10.3. The van der Waals surface area contributed by atoms with Crippen molar-refractivity contribution in [2.45, 2.75) is 182 Å². The van der Waals surface area contributed by atoms with E-state index in [1.54, 1.807) is 24.3 Å². The number of aromatic carboxylic acids is 1. The van der Waals surface area contributed by atoms with Crippen molar-refractivity contribution in [1.29, 1.82) is 0 Å². The summed E-state index contributed by atoms with van der Waals surface area (Å²) in [5.41, 5.74) is 1.37. The molecule has 0 saturated heterocycles. The van der Waals surface area contributed by atoms with Crippen molar-refractivity contribution >= 4 is 35.8 Å². The molecule has 4 radical (unpaired) electrons. The summed E-state index contributed by atoms with van der Waals surface area (Å²) in [6.45, 7) is 15.7. The Labute approximate surface area is 285 Å². The van der Waals surface area contributed by atoms with Gasteiger partial charge in [0.15, 0.2) is 0 Å². The van der Waals surface area contributed by atoms with Crippen LogP contribution < -0.4 is 10.2 Å². The molecule has 4 nitrogen and oxygen atoms in total. The van der Waals surface area contributed by atoms with Crippen molar-refractivity contribution in [3.8, 4) is 0 Å². The standard InChI is InChI=1S/C21H42O2.C9H10O2.2C4H9.Sn/c1-2-3-4-5-6-7-8-9-10-11-12-13-14-15-16-17-18-19-20-21(22)23;1-2-7-3-5-8(6-4-7)9(10)11;2*1-3-4-2;/h2-20H2,1H3,(H,22,23);3-6H,2H2,1H3,(H,10,11);2*1,3-4H2,2H3;/q;;;;+2/p-2. The van der Waals surface area contributed by atoms with Crippen LogP contribution in [0, 0.1) is 13.8 Å². The molecule has 248 valence electrons. The topological polar surface area (TPSA) is 80.3 Å². The average molecular weight is 708 g/mol. The average Bonchev–Trinajstić information content (AvgIpc) is 3.00. The van der Waals surface area contributed by atoms with Gasteiger partial charge in [0.1, 0.15) is 0 Å². The summed E-state index contributed by atoms with van der Waals surface area (Å²) in [6, 6.07) is 6.72. The van der Waals surface area contributed by atoms with Crippen LogP contribution in [0.1, 0.15) is 191 Å². The molecule has 0 aliphatic carbocycles. The van der Waals surface area contributed by atoms with Gasteiger partial charge in [-0.3, -0.25) is 0 Å². The molecule has 0 bridgehead atoms. The van der Waals surface area contributed by atoms with E-state index in [1.165, 1.54) is 116 Å². The summed E-state index contributed by atoms with van der Waals surface area (Å²) in [5.74, 6) is -2.02. The predicted molar refractivity (Wildman–Crippen MR) is 185 cm³/mol. The Balaban J connectivity index is -0.000000312. The largest absolute Gasteiger partial charge is 2.00 e. The molecule has 1 rings (SSSR count). The van der Waals surface area contributed by atoms with Crippen molar-refractivity contribution in [3.63, 3.8) is 0 Å². The first-order valence-corrected chi connectivity index (χ1v) is 17.4. The van der Waals surface area contributed by atoms with Crippen LogP contribution in [0.25, 0.3) is 0 Å². The molecule has 0 aliphatic rings. The Morgan fingerprint density at radius 3 is 1.07 bits per heavy atom. The molecule has 5 heteroatoms. The minimum atomic E-state index is -1.12. The number of carbonyl (C=O) groups excluding carboxylic acids is 2. The SMILES string of the molecule is CCCCCCCCCCCCCCCCCCCCC(=O)[O-].CCc1ccc(C(=O)[O-])cc1.[CH2]CCC.[CH2]CCC.[Sn+2]. The van der Waals surface area contributed by atoms with Gasteiger partial charge < -0.3 is 19.8 Å². The van der Waals surface area contributed by atoms with Gasteiger partial charge in [-0.1, -0.05) is 201 Å². The van der Waals surface area contributed by atoms with Gasteiger partial charge >= 0.3 is 23.9 Å². The summed E-state index contributed by atoms with van der Waals surface area (Å²) < 4.78 is 0. The maximum Gasteiger partial charge on any atom is 2.00 e. The second kappa shape index (κ2) is 43.1. The second-order valence-electron chi connectivity index (χ2n) is 11.2. The van der Waals surface area contributed by atoms with Crippen molar-refractivity contribution in [1.82, 2.24) is 0 Å². The number of benzene rings is 1. The Morgan fingerprint density at radius 1 is 0.535 bits per heavy atom. The molecule has 0 saturated carbocycles. The van der Waals surface area contributed by atoms with Crippen molar-refractivity contribution in [2.24, 2.45) is 0 Å². The third-order valence-electron chi connectivity index (χ3n) is 7.04. The number of carboxylic acids is 2. The number of carbonyl (C=O) groups is 2. The number of carboxylic acid groups (broad SMARTS) is 2. The summed E-state index contributed by atoms with van der Waals surface area (Å²) in [4.78, 5) is 20.5. The van der Waals surface area contributed by atoms with Crippen LogP contribution in [-0.2, 0) is 11.2 Å². The van der Waals surface area contributed by atoms with Gasteiger partial charge in [0.25, 0.3) is 0 Å². The zero-order valence-corrected chi connectivity index (χ0v) is 31.7. The van der Waals surface area contributed by atoms with Gasteiger partial charge in [-0.2, -0.15) is 0 Å². The van der Waals surface area contributed by atoms with Crippen LogP contribution in [-0.4, -0.2) is 35.8 Å². The smallest absolute Gasteiger partial charge is 0.550 e. The van der Waals surface area contributed by atoms with E-state index in [0.717, 1.165) is 37.7 Å². The minimum absolute atomic E-state index is 0. The van der Waals surface area contributed by atoms with Gasteiger partial charge in [0.2, 0.25) is 0 Å². The second-order valence-corrected chi connectivity index (χ2v) is 11.2. The van der Waals surface area contributed by atoms with E-state index in [1.807, 2.05) is 6.92 Å². The van der Waals surface area contributed by atoms with Gasteiger partial charge in [-0.15, -0.1) is 0 Å². The third-order valence-corrected chi connectivity index (χ3v) is 7.04. The fourth-order valence-corrected chi connectivity index (χ4v) is 4.05. The first-order valence-electron chi connectivity index (χ1n) is 17.4. The fourth-order valence-electron chi connectivity index (χ4n) is 4.05. The van der Waals surface area contributed by atoms with E-state index in [2.05, 4.69) is 34.6 Å². The number of unbranched alkanes of at least 4 members (excludes halogenated alkanes) is 19. The zero-order valence-electron chi connectivity index (χ0n) is 28.8. The number of aliphatic carboxylic acids is 1. The zero-order chi connectivity index (χ0) is 32.1. The molecule has 0 unspecified atom stereocenters. The Morgan fingerprint density at radius 2 is 0.837 bits per heavy atom. The first-order chi connectivity index (χ1) is 20.3. The number of rotatable bonds is 23. The Kier molecular flexibility index (Phi) is 49.0. The molecule has 0 aliphatic heterocycles. The quantitative estimate of drug-likeness (QED) is 0.0839. The molecule has 0 N–H and O–H groups in total. The van der Waals surface area contributed by atoms with Crippen LogP contribution in [0.2, 0.25) is 0 Å². The monoisotopic (exact) mass is 708 g/mol. The summed E-state index contributed by atoms with van der Waals surface area (Å²) in [7, 11) is 0. The number of hydrogen-bond donors (Lipinski definition) is 0. The van der Waals surface area contributed by atoms with Crippen LogP contribution in [0.4, 0.5) is 0 Å². The van der Waals surface area contributed by atoms with Crippen LogP contribution in [0.5, 0.6) is 0 Å². The molecule has 0 heterocycles. The maximum atomic E-state index is 10.3. The molecule has 1 aromatic rings. The molecule has 1 aromatic carbocycles. The van der Waals surface area contributed by atoms with Crippen molar-refractivity contribution in [3.05, 3.63) is 49.2 Å². The summed E-state index contributed by atoms with van der Waals surface area (Å²) >= 11 is 0. The number of hydrogen-bond acceptors (Lipinski definition) is 4. The van der Waals surface area contributed by atoms with Gasteiger partial charge in [-0.05, 0) is 30.4 Å². The van der Waals surface area contributed by atoms with E-state index in [-0.39, 0.29) is 35.9 Å². The minimum Gasteiger partial charge on any atom is -0.550 e. The third kappa shape index (κ3) is 45.5.